The number of nitrogens with one attached hydrogen (secondary N) is 2. The Balaban J connectivity index is 1.50. The van der Waals surface area contributed by atoms with Gasteiger partial charge < -0.3 is 19.9 Å². The molecule has 192 valence electrons. The number of anilines is 3. The van der Waals surface area contributed by atoms with Crippen LogP contribution in [0, 0.1) is 13.8 Å². The van der Waals surface area contributed by atoms with Crippen LogP contribution < -0.4 is 20.3 Å². The number of nitrogens with zero attached hydrogens (tertiary/aromatic N) is 5. The molecule has 1 saturated heterocycles. The van der Waals surface area contributed by atoms with Crippen molar-refractivity contribution in [3.05, 3.63) is 71.5 Å². The molecule has 2 aromatic carbocycles. The molecule has 0 aliphatic carbocycles. The number of aryl methyl sites for hydroxylation is 2. The van der Waals surface area contributed by atoms with Gasteiger partial charge in [0.15, 0.2) is 5.78 Å². The van der Waals surface area contributed by atoms with E-state index in [-0.39, 0.29) is 5.78 Å². The predicted octanol–water partition coefficient (Wildman–Crippen LogP) is 4.29. The highest BCUT2D eigenvalue weighted by molar-refractivity contribution is 7.80. The topological polar surface area (TPSA) is 95.0 Å². The zero-order valence-corrected chi connectivity index (χ0v) is 22.3. The highest BCUT2D eigenvalue weighted by Crippen LogP contribution is 2.21. The van der Waals surface area contributed by atoms with Gasteiger partial charge in [0.05, 0.1) is 7.11 Å². The summed E-state index contributed by atoms with van der Waals surface area (Å²) in [5.74, 6) is 1.91. The number of carbonyl (C=O) groups is 1. The number of benzene rings is 2. The molecule has 0 unspecified atom stereocenters. The monoisotopic (exact) mass is 517 g/mol. The van der Waals surface area contributed by atoms with Crippen LogP contribution in [0.3, 0.4) is 0 Å². The average molecular weight is 518 g/mol. The largest absolute Gasteiger partial charge is 0.497 e. The highest BCUT2D eigenvalue weighted by atomic mass is 32.1. The fourth-order valence-electron chi connectivity index (χ4n) is 4.06. The lowest BCUT2D eigenvalue weighted by Gasteiger charge is -2.37. The van der Waals surface area contributed by atoms with Crippen LogP contribution in [-0.4, -0.2) is 65.0 Å². The summed E-state index contributed by atoms with van der Waals surface area (Å²) >= 11 is 5.56. The Bertz CT molecular complexity index is 1260. The molecular formula is C27H31N7O2S. The number of ketones is 1. The Morgan fingerprint density at radius 3 is 2.14 bits per heavy atom. The zero-order chi connectivity index (χ0) is 26.4. The molecule has 1 aliphatic rings. The van der Waals surface area contributed by atoms with E-state index in [4.69, 9.17) is 21.9 Å². The number of ether oxygens (including phenoxy) is 1. The number of methoxy groups -OCH3 is 1. The fraction of sp³-hybridized carbons (Fsp3) is 0.296. The quantitative estimate of drug-likeness (QED) is 0.222. The third-order valence-corrected chi connectivity index (χ3v) is 6.17. The van der Waals surface area contributed by atoms with E-state index in [1.807, 2.05) is 44.2 Å². The van der Waals surface area contributed by atoms with Crippen molar-refractivity contribution >= 4 is 46.4 Å². The molecule has 2 heterocycles. The van der Waals surface area contributed by atoms with Gasteiger partial charge in [0.1, 0.15) is 5.75 Å². The van der Waals surface area contributed by atoms with E-state index >= 15 is 0 Å². The standard InChI is InChI=1S/C27H31N7O2S/c1-18-17-19(2)29-25(28-18)31-26(32-27(37)30-22-7-5-21(6-8-22)20(3)35)34-15-13-33(14-16-34)23-9-11-24(36-4)12-10-23/h5-12,17H,13-16H2,1-4H3,(H2,28,29,30,31,32,37). The van der Waals surface area contributed by atoms with Gasteiger partial charge in [0.25, 0.3) is 0 Å². The first kappa shape index (κ1) is 26.0. The van der Waals surface area contributed by atoms with E-state index in [9.17, 15) is 4.79 Å². The van der Waals surface area contributed by atoms with Crippen molar-refractivity contribution in [1.82, 2.24) is 14.9 Å². The number of Topliss-reactive ketones (excluding diaryl/α,β-unsaturated/α-hetero) is 1. The minimum Gasteiger partial charge on any atom is -0.497 e. The van der Waals surface area contributed by atoms with E-state index in [2.05, 4.69) is 42.5 Å². The van der Waals surface area contributed by atoms with Crippen LogP contribution in [0.15, 0.2) is 59.6 Å². The maximum absolute atomic E-state index is 11.6. The molecule has 10 heteroatoms. The number of piperazine rings is 1. The van der Waals surface area contributed by atoms with Crippen LogP contribution in [-0.2, 0) is 0 Å². The van der Waals surface area contributed by atoms with Gasteiger partial charge in [-0.2, -0.15) is 4.99 Å². The molecule has 1 fully saturated rings. The second kappa shape index (κ2) is 11.8. The number of aliphatic imine (C=N–C) groups is 1. The highest BCUT2D eigenvalue weighted by Gasteiger charge is 2.22. The Morgan fingerprint density at radius 1 is 0.946 bits per heavy atom. The molecule has 3 aromatic rings. The maximum Gasteiger partial charge on any atom is 0.229 e. The van der Waals surface area contributed by atoms with Gasteiger partial charge in [0, 0.05) is 54.5 Å². The lowest BCUT2D eigenvalue weighted by molar-refractivity contribution is 0.101. The van der Waals surface area contributed by atoms with Gasteiger partial charge >= 0.3 is 0 Å². The van der Waals surface area contributed by atoms with Gasteiger partial charge in [-0.05, 0) is 87.6 Å². The number of hydrogen-bond donors (Lipinski definition) is 2. The van der Waals surface area contributed by atoms with Gasteiger partial charge in [-0.25, -0.2) is 9.97 Å². The summed E-state index contributed by atoms with van der Waals surface area (Å²) < 4.78 is 5.28. The fourth-order valence-corrected chi connectivity index (χ4v) is 4.27. The molecule has 1 aliphatic heterocycles. The minimum absolute atomic E-state index is 0.0147. The lowest BCUT2D eigenvalue weighted by atomic mass is 10.1. The van der Waals surface area contributed by atoms with Gasteiger partial charge in [-0.15, -0.1) is 0 Å². The summed E-state index contributed by atoms with van der Waals surface area (Å²) in [6, 6.07) is 17.2. The van der Waals surface area contributed by atoms with Gasteiger partial charge in [-0.3, -0.25) is 10.1 Å². The van der Waals surface area contributed by atoms with Crippen molar-refractivity contribution in [1.29, 1.82) is 0 Å². The van der Waals surface area contributed by atoms with Crippen LogP contribution in [0.2, 0.25) is 0 Å². The summed E-state index contributed by atoms with van der Waals surface area (Å²) in [5, 5.41) is 6.71. The zero-order valence-electron chi connectivity index (χ0n) is 21.5. The van der Waals surface area contributed by atoms with Crippen molar-refractivity contribution in [3.63, 3.8) is 0 Å². The van der Waals surface area contributed by atoms with Crippen LogP contribution in [0.25, 0.3) is 0 Å². The normalized spacial score (nSPS) is 13.8. The maximum atomic E-state index is 11.6. The van der Waals surface area contributed by atoms with Crippen molar-refractivity contribution < 1.29 is 9.53 Å². The van der Waals surface area contributed by atoms with Crippen LogP contribution in [0.4, 0.5) is 17.3 Å². The van der Waals surface area contributed by atoms with Crippen LogP contribution in [0.1, 0.15) is 28.7 Å². The van der Waals surface area contributed by atoms with E-state index in [0.29, 0.717) is 22.6 Å². The van der Waals surface area contributed by atoms with Crippen molar-refractivity contribution in [2.45, 2.75) is 20.8 Å². The molecule has 0 amide bonds. The summed E-state index contributed by atoms with van der Waals surface area (Å²) in [5.41, 5.74) is 4.28. The first-order valence-corrected chi connectivity index (χ1v) is 12.5. The Morgan fingerprint density at radius 2 is 1.57 bits per heavy atom. The molecule has 4 rings (SSSR count). The molecule has 0 saturated carbocycles. The molecule has 0 radical (unpaired) electrons. The number of guanidine groups is 1. The minimum atomic E-state index is 0.0147. The number of hydrogen-bond acceptors (Lipinski definition) is 6. The van der Waals surface area contributed by atoms with E-state index in [1.165, 1.54) is 0 Å². The van der Waals surface area contributed by atoms with Crippen molar-refractivity contribution in [2.24, 2.45) is 4.99 Å². The van der Waals surface area contributed by atoms with E-state index in [1.54, 1.807) is 26.2 Å². The second-order valence-corrected chi connectivity index (χ2v) is 9.16. The Labute approximate surface area is 222 Å². The Kier molecular flexibility index (Phi) is 8.29. The summed E-state index contributed by atoms with van der Waals surface area (Å²) in [4.78, 5) is 29.8. The second-order valence-electron chi connectivity index (χ2n) is 8.77. The smallest absolute Gasteiger partial charge is 0.229 e. The SMILES string of the molecule is COc1ccc(N2CCN(/C(=N\C(=S)Nc3ccc(C(C)=O)cc3)Nc3nc(C)cc(C)n3)CC2)cc1. The van der Waals surface area contributed by atoms with Crippen molar-refractivity contribution in [2.75, 3.05) is 48.8 Å². The first-order valence-electron chi connectivity index (χ1n) is 12.0. The summed E-state index contributed by atoms with van der Waals surface area (Å²) in [6.45, 7) is 8.50. The number of aromatic nitrogens is 2. The van der Waals surface area contributed by atoms with Gasteiger partial charge in [-0.1, -0.05) is 0 Å². The van der Waals surface area contributed by atoms with Crippen LogP contribution >= 0.6 is 12.2 Å². The van der Waals surface area contributed by atoms with Crippen LogP contribution in [0.5, 0.6) is 5.75 Å². The van der Waals surface area contributed by atoms with Gasteiger partial charge in [0.2, 0.25) is 17.0 Å². The summed E-state index contributed by atoms with van der Waals surface area (Å²) in [7, 11) is 1.67. The Hall–Kier alpha value is -4.05. The van der Waals surface area contributed by atoms with E-state index in [0.717, 1.165) is 54.7 Å². The number of carbonyl (C=O) groups excluding carboxylic acids is 1. The van der Waals surface area contributed by atoms with E-state index < -0.39 is 0 Å². The molecule has 0 bridgehead atoms. The molecule has 1 aromatic heterocycles. The predicted molar refractivity (Wildman–Crippen MR) is 152 cm³/mol. The first-order chi connectivity index (χ1) is 17.8. The molecule has 0 spiro atoms. The lowest BCUT2D eigenvalue weighted by Crippen LogP contribution is -2.51. The molecular weight excluding hydrogens is 486 g/mol. The number of thiocarbonyl (C=S) groups is 1. The molecule has 9 nitrogen and oxygen atoms in total. The molecule has 0 atom stereocenters. The number of rotatable bonds is 5. The molecule has 2 N–H and O–H groups in total. The molecule has 37 heavy (non-hydrogen) atoms. The average Bonchev–Trinajstić information content (AvgIpc) is 2.88. The third-order valence-electron chi connectivity index (χ3n) is 5.97. The summed E-state index contributed by atoms with van der Waals surface area (Å²) in [6.07, 6.45) is 0. The third kappa shape index (κ3) is 7.01. The van der Waals surface area contributed by atoms with Crippen molar-refractivity contribution in [3.8, 4) is 5.75 Å².